The van der Waals surface area contributed by atoms with E-state index in [1.165, 1.54) is 18.9 Å². The highest BCUT2D eigenvalue weighted by Crippen LogP contribution is 2.44. The Morgan fingerprint density at radius 2 is 1.89 bits per heavy atom. The Morgan fingerprint density at radius 1 is 1.26 bits per heavy atom. The quantitative estimate of drug-likeness (QED) is 0.825. The fourth-order valence-electron chi connectivity index (χ4n) is 3.06. The van der Waals surface area contributed by atoms with Crippen LogP contribution in [0.2, 0.25) is 0 Å². The number of hydrogen-bond acceptors (Lipinski definition) is 2. The van der Waals surface area contributed by atoms with Gasteiger partial charge in [0.25, 0.3) is 0 Å². The summed E-state index contributed by atoms with van der Waals surface area (Å²) >= 11 is 3.18. The Balaban J connectivity index is 2.28. The van der Waals surface area contributed by atoms with Crippen LogP contribution >= 0.6 is 15.9 Å². The van der Waals surface area contributed by atoms with Gasteiger partial charge in [-0.1, -0.05) is 31.7 Å². The van der Waals surface area contributed by atoms with Crippen LogP contribution in [0.1, 0.15) is 50.2 Å². The van der Waals surface area contributed by atoms with E-state index in [0.29, 0.717) is 11.0 Å². The number of halogens is 2. The molecule has 3 N–H and O–H groups in total. The van der Waals surface area contributed by atoms with Gasteiger partial charge in [0.1, 0.15) is 5.82 Å². The minimum absolute atomic E-state index is 0.256. The first-order valence-corrected chi connectivity index (χ1v) is 7.71. The first-order valence-electron chi connectivity index (χ1n) is 6.92. The Labute approximate surface area is 122 Å². The average Bonchev–Trinajstić information content (AvgIpc) is 2.67. The topological polar surface area (TPSA) is 46.2 Å². The Bertz CT molecular complexity index is 430. The van der Waals surface area contributed by atoms with E-state index in [1.807, 2.05) is 0 Å². The molecule has 0 aromatic heterocycles. The Kier molecular flexibility index (Phi) is 4.98. The van der Waals surface area contributed by atoms with Crippen LogP contribution in [0, 0.1) is 11.2 Å². The second kappa shape index (κ2) is 6.33. The van der Waals surface area contributed by atoms with Crippen molar-refractivity contribution < 1.29 is 9.50 Å². The molecule has 2 rings (SSSR count). The highest BCUT2D eigenvalue weighted by Gasteiger charge is 2.37. The molecule has 0 aliphatic heterocycles. The van der Waals surface area contributed by atoms with E-state index in [1.54, 1.807) is 12.1 Å². The van der Waals surface area contributed by atoms with Gasteiger partial charge in [-0.3, -0.25) is 0 Å². The monoisotopic (exact) mass is 329 g/mol. The molecule has 0 radical (unpaired) electrons. The molecule has 1 atom stereocenters. The van der Waals surface area contributed by atoms with Crippen LogP contribution in [0.25, 0.3) is 0 Å². The van der Waals surface area contributed by atoms with Crippen molar-refractivity contribution in [2.75, 3.05) is 6.54 Å². The maximum atomic E-state index is 13.3. The zero-order valence-electron chi connectivity index (χ0n) is 11.0. The second-order valence-corrected chi connectivity index (χ2v) is 6.41. The number of hydrogen-bond donors (Lipinski definition) is 2. The van der Waals surface area contributed by atoms with E-state index >= 15 is 0 Å². The molecule has 1 fully saturated rings. The normalized spacial score (nSPS) is 20.8. The Morgan fingerprint density at radius 3 is 2.42 bits per heavy atom. The summed E-state index contributed by atoms with van der Waals surface area (Å²) in [4.78, 5) is 0. The van der Waals surface area contributed by atoms with Gasteiger partial charge in [-0.15, -0.1) is 0 Å². The minimum atomic E-state index is -0.618. The van der Waals surface area contributed by atoms with Crippen molar-refractivity contribution in [3.63, 3.8) is 0 Å². The highest BCUT2D eigenvalue weighted by molar-refractivity contribution is 9.10. The van der Waals surface area contributed by atoms with Crippen LogP contribution in [0.4, 0.5) is 4.39 Å². The molecule has 0 amide bonds. The van der Waals surface area contributed by atoms with Crippen molar-refractivity contribution in [3.8, 4) is 0 Å². The van der Waals surface area contributed by atoms with E-state index in [9.17, 15) is 9.50 Å². The van der Waals surface area contributed by atoms with E-state index < -0.39 is 6.10 Å². The lowest BCUT2D eigenvalue weighted by atomic mass is 9.73. The summed E-state index contributed by atoms with van der Waals surface area (Å²) in [6, 6.07) is 4.72. The van der Waals surface area contributed by atoms with E-state index in [4.69, 9.17) is 5.73 Å². The third-order valence-electron chi connectivity index (χ3n) is 4.35. The number of benzene rings is 1. The third kappa shape index (κ3) is 3.18. The van der Waals surface area contributed by atoms with Crippen LogP contribution in [-0.2, 0) is 0 Å². The third-order valence-corrected chi connectivity index (χ3v) is 4.95. The molecule has 2 nitrogen and oxygen atoms in total. The molecule has 0 heterocycles. The molecular formula is C15H21BrFNO. The van der Waals surface area contributed by atoms with Gasteiger partial charge in [-0.25, -0.2) is 4.39 Å². The van der Waals surface area contributed by atoms with Crippen molar-refractivity contribution in [3.05, 3.63) is 34.1 Å². The zero-order chi connectivity index (χ0) is 13.9. The van der Waals surface area contributed by atoms with Crippen molar-refractivity contribution in [2.45, 2.75) is 44.6 Å². The summed E-state index contributed by atoms with van der Waals surface area (Å²) in [5.41, 5.74) is 6.46. The van der Waals surface area contributed by atoms with Crippen molar-refractivity contribution in [2.24, 2.45) is 11.1 Å². The summed E-state index contributed by atoms with van der Waals surface area (Å²) in [5, 5.41) is 10.7. The smallest absolute Gasteiger partial charge is 0.137 e. The molecule has 0 bridgehead atoms. The number of aliphatic hydroxyl groups is 1. The van der Waals surface area contributed by atoms with Crippen molar-refractivity contribution in [1.29, 1.82) is 0 Å². The number of rotatable bonds is 3. The fraction of sp³-hybridized carbons (Fsp3) is 0.600. The number of aliphatic hydroxyl groups excluding tert-OH is 1. The number of nitrogens with two attached hydrogens (primary N) is 1. The average molecular weight is 330 g/mol. The van der Waals surface area contributed by atoms with Crippen molar-refractivity contribution in [1.82, 2.24) is 0 Å². The first-order chi connectivity index (χ1) is 9.09. The van der Waals surface area contributed by atoms with Crippen LogP contribution in [-0.4, -0.2) is 11.7 Å². The predicted octanol–water partition coefficient (Wildman–Crippen LogP) is 3.92. The van der Waals surface area contributed by atoms with Gasteiger partial charge in [0, 0.05) is 12.0 Å². The first kappa shape index (κ1) is 14.9. The molecule has 1 aliphatic rings. The van der Waals surface area contributed by atoms with Crippen LogP contribution < -0.4 is 5.73 Å². The van der Waals surface area contributed by atoms with Gasteiger partial charge in [-0.05, 0) is 46.5 Å². The van der Waals surface area contributed by atoms with Crippen molar-refractivity contribution >= 4 is 15.9 Å². The van der Waals surface area contributed by atoms with E-state index in [2.05, 4.69) is 15.9 Å². The van der Waals surface area contributed by atoms with Gasteiger partial charge in [0.05, 0.1) is 10.6 Å². The molecule has 1 aromatic carbocycles. The summed E-state index contributed by atoms with van der Waals surface area (Å²) in [7, 11) is 0. The Hall–Kier alpha value is -0.450. The van der Waals surface area contributed by atoms with Gasteiger partial charge in [-0.2, -0.15) is 0 Å². The van der Waals surface area contributed by atoms with Gasteiger partial charge in [0.2, 0.25) is 0 Å². The van der Waals surface area contributed by atoms with Gasteiger partial charge >= 0.3 is 0 Å². The second-order valence-electron chi connectivity index (χ2n) is 5.56. The molecule has 106 valence electrons. The highest BCUT2D eigenvalue weighted by atomic mass is 79.9. The van der Waals surface area contributed by atoms with E-state index in [-0.39, 0.29) is 11.2 Å². The fourth-order valence-corrected chi connectivity index (χ4v) is 3.45. The lowest BCUT2D eigenvalue weighted by molar-refractivity contribution is 0.0166. The van der Waals surface area contributed by atoms with E-state index in [0.717, 1.165) is 31.2 Å². The largest absolute Gasteiger partial charge is 0.388 e. The lowest BCUT2D eigenvalue weighted by Crippen LogP contribution is -2.36. The summed E-state index contributed by atoms with van der Waals surface area (Å²) < 4.78 is 13.7. The van der Waals surface area contributed by atoms with Crippen LogP contribution in [0.3, 0.4) is 0 Å². The molecule has 4 heteroatoms. The molecule has 1 aliphatic carbocycles. The minimum Gasteiger partial charge on any atom is -0.388 e. The van der Waals surface area contributed by atoms with Crippen LogP contribution in [0.5, 0.6) is 0 Å². The molecule has 19 heavy (non-hydrogen) atoms. The molecule has 0 saturated heterocycles. The lowest BCUT2D eigenvalue weighted by Gasteiger charge is -2.36. The van der Waals surface area contributed by atoms with Gasteiger partial charge < -0.3 is 10.8 Å². The maximum absolute atomic E-state index is 13.3. The molecule has 1 saturated carbocycles. The standard InChI is InChI=1S/C15H21BrFNO/c16-12-9-11(5-6-13(12)17)14(19)15(10-18)7-3-1-2-4-8-15/h5-6,9,14,19H,1-4,7-8,10,18H2. The van der Waals surface area contributed by atoms with Crippen LogP contribution in [0.15, 0.2) is 22.7 Å². The summed E-state index contributed by atoms with van der Waals surface area (Å²) in [6.45, 7) is 0.475. The molecule has 1 unspecified atom stereocenters. The molecular weight excluding hydrogens is 309 g/mol. The summed E-state index contributed by atoms with van der Waals surface area (Å²) in [6.07, 6.45) is 5.91. The summed E-state index contributed by atoms with van der Waals surface area (Å²) in [5.74, 6) is -0.307. The van der Waals surface area contributed by atoms with Gasteiger partial charge in [0.15, 0.2) is 0 Å². The maximum Gasteiger partial charge on any atom is 0.137 e. The molecule has 0 spiro atoms. The SMILES string of the molecule is NCC1(C(O)c2ccc(F)c(Br)c2)CCCCCC1. The molecule has 1 aromatic rings. The zero-order valence-corrected chi connectivity index (χ0v) is 12.6. The predicted molar refractivity (Wildman–Crippen MR) is 78.2 cm³/mol.